The Morgan fingerprint density at radius 2 is 2.40 bits per heavy atom. The van der Waals surface area contributed by atoms with Crippen molar-refractivity contribution in [2.24, 2.45) is 0 Å². The molecule has 1 N–H and O–H groups in total. The van der Waals surface area contributed by atoms with Crippen LogP contribution in [0.3, 0.4) is 0 Å². The number of nitrogens with zero attached hydrogens (tertiary/aromatic N) is 2. The summed E-state index contributed by atoms with van der Waals surface area (Å²) < 4.78 is 0. The highest BCUT2D eigenvalue weighted by molar-refractivity contribution is 5.47. The maximum Gasteiger partial charge on any atom is 0.133 e. The van der Waals surface area contributed by atoms with Crippen molar-refractivity contribution in [3.8, 4) is 0 Å². The topological polar surface area (TPSA) is 28.2 Å². The molecule has 0 atom stereocenters. The standard InChI is InChI=1S/C12H19N3/c1-4-9-15(5-2)12-11(10-13-3)7-6-8-14-12/h4,6-8,13H,1,5,9-10H2,2-3H3. The Hall–Kier alpha value is -1.35. The highest BCUT2D eigenvalue weighted by atomic mass is 15.2. The fraction of sp³-hybridized carbons (Fsp3) is 0.417. The van der Waals surface area contributed by atoms with E-state index in [1.807, 2.05) is 25.4 Å². The van der Waals surface area contributed by atoms with Crippen molar-refractivity contribution in [1.29, 1.82) is 0 Å². The zero-order valence-electron chi connectivity index (χ0n) is 9.53. The van der Waals surface area contributed by atoms with Gasteiger partial charge in [-0.15, -0.1) is 6.58 Å². The van der Waals surface area contributed by atoms with E-state index in [-0.39, 0.29) is 0 Å². The first-order valence-corrected chi connectivity index (χ1v) is 5.27. The van der Waals surface area contributed by atoms with Gasteiger partial charge in [0.1, 0.15) is 5.82 Å². The number of hydrogen-bond acceptors (Lipinski definition) is 3. The van der Waals surface area contributed by atoms with Gasteiger partial charge in [-0.1, -0.05) is 12.1 Å². The lowest BCUT2D eigenvalue weighted by molar-refractivity contribution is 0.792. The van der Waals surface area contributed by atoms with Crippen LogP contribution >= 0.6 is 0 Å². The fourth-order valence-corrected chi connectivity index (χ4v) is 1.56. The van der Waals surface area contributed by atoms with Crippen LogP contribution in [-0.4, -0.2) is 25.1 Å². The smallest absolute Gasteiger partial charge is 0.133 e. The fourth-order valence-electron chi connectivity index (χ4n) is 1.56. The van der Waals surface area contributed by atoms with Crippen LogP contribution in [0.1, 0.15) is 12.5 Å². The van der Waals surface area contributed by atoms with Crippen LogP contribution in [0, 0.1) is 0 Å². The normalized spacial score (nSPS) is 10.0. The highest BCUT2D eigenvalue weighted by Gasteiger charge is 2.08. The number of aromatic nitrogens is 1. The van der Waals surface area contributed by atoms with Gasteiger partial charge in [0.2, 0.25) is 0 Å². The molecule has 15 heavy (non-hydrogen) atoms. The van der Waals surface area contributed by atoms with E-state index in [1.165, 1.54) is 5.56 Å². The molecule has 82 valence electrons. The highest BCUT2D eigenvalue weighted by Crippen LogP contribution is 2.16. The number of likely N-dealkylation sites (N-methyl/N-ethyl adjacent to an activating group) is 1. The minimum Gasteiger partial charge on any atom is -0.353 e. The molecule has 0 aliphatic carbocycles. The molecule has 0 unspecified atom stereocenters. The van der Waals surface area contributed by atoms with Crippen LogP contribution in [0.15, 0.2) is 31.0 Å². The lowest BCUT2D eigenvalue weighted by Crippen LogP contribution is -2.25. The summed E-state index contributed by atoms with van der Waals surface area (Å²) in [6.45, 7) is 8.52. The molecule has 0 radical (unpaired) electrons. The summed E-state index contributed by atoms with van der Waals surface area (Å²) >= 11 is 0. The van der Waals surface area contributed by atoms with Crippen molar-refractivity contribution in [3.05, 3.63) is 36.5 Å². The minimum atomic E-state index is 0.838. The molecule has 0 amide bonds. The Labute approximate surface area is 91.8 Å². The number of hydrogen-bond donors (Lipinski definition) is 1. The van der Waals surface area contributed by atoms with Crippen LogP contribution in [0.25, 0.3) is 0 Å². The molecule has 0 aliphatic heterocycles. The van der Waals surface area contributed by atoms with Crippen molar-refractivity contribution in [3.63, 3.8) is 0 Å². The average molecular weight is 205 g/mol. The second kappa shape index (κ2) is 6.19. The van der Waals surface area contributed by atoms with E-state index < -0.39 is 0 Å². The van der Waals surface area contributed by atoms with Crippen molar-refractivity contribution in [2.45, 2.75) is 13.5 Å². The molecule has 1 rings (SSSR count). The zero-order valence-corrected chi connectivity index (χ0v) is 9.53. The minimum absolute atomic E-state index is 0.838. The van der Waals surface area contributed by atoms with Gasteiger partial charge >= 0.3 is 0 Å². The molecule has 1 aromatic rings. The molecule has 1 aromatic heterocycles. The largest absolute Gasteiger partial charge is 0.353 e. The average Bonchev–Trinajstić information content (AvgIpc) is 2.27. The maximum absolute atomic E-state index is 4.43. The molecule has 0 saturated carbocycles. The van der Waals surface area contributed by atoms with E-state index >= 15 is 0 Å². The van der Waals surface area contributed by atoms with Gasteiger partial charge in [-0.2, -0.15) is 0 Å². The predicted octanol–water partition coefficient (Wildman–Crippen LogP) is 1.81. The molecule has 3 heteroatoms. The summed E-state index contributed by atoms with van der Waals surface area (Å²) in [6, 6.07) is 4.07. The number of nitrogens with one attached hydrogen (secondary N) is 1. The van der Waals surface area contributed by atoms with Gasteiger partial charge in [0.05, 0.1) is 0 Å². The van der Waals surface area contributed by atoms with Gasteiger partial charge in [-0.3, -0.25) is 0 Å². The quantitative estimate of drug-likeness (QED) is 0.718. The Bertz CT molecular complexity index is 309. The van der Waals surface area contributed by atoms with Gasteiger partial charge < -0.3 is 10.2 Å². The summed E-state index contributed by atoms with van der Waals surface area (Å²) in [7, 11) is 1.95. The lowest BCUT2D eigenvalue weighted by atomic mass is 10.2. The molecule has 0 spiro atoms. The zero-order chi connectivity index (χ0) is 11.1. The first kappa shape index (κ1) is 11.7. The van der Waals surface area contributed by atoms with Gasteiger partial charge in [0.15, 0.2) is 0 Å². The van der Waals surface area contributed by atoms with E-state index in [1.54, 1.807) is 0 Å². The second-order valence-corrected chi connectivity index (χ2v) is 3.34. The number of rotatable bonds is 6. The van der Waals surface area contributed by atoms with E-state index in [0.717, 1.165) is 25.5 Å². The summed E-state index contributed by atoms with van der Waals surface area (Å²) in [5.74, 6) is 1.05. The molecule has 0 bridgehead atoms. The van der Waals surface area contributed by atoms with Crippen LogP contribution < -0.4 is 10.2 Å². The van der Waals surface area contributed by atoms with E-state index in [0.29, 0.717) is 0 Å². The van der Waals surface area contributed by atoms with Crippen LogP contribution in [0.2, 0.25) is 0 Å². The third-order valence-corrected chi connectivity index (χ3v) is 2.27. The van der Waals surface area contributed by atoms with E-state index in [9.17, 15) is 0 Å². The van der Waals surface area contributed by atoms with Crippen molar-refractivity contribution < 1.29 is 0 Å². The summed E-state index contributed by atoms with van der Waals surface area (Å²) in [5, 5.41) is 3.15. The van der Waals surface area contributed by atoms with Gasteiger partial charge in [0, 0.05) is 31.4 Å². The molecule has 0 aromatic carbocycles. The van der Waals surface area contributed by atoms with Crippen LogP contribution in [-0.2, 0) is 6.54 Å². The Morgan fingerprint density at radius 3 is 3.00 bits per heavy atom. The third-order valence-electron chi connectivity index (χ3n) is 2.27. The maximum atomic E-state index is 4.43. The van der Waals surface area contributed by atoms with Crippen LogP contribution in [0.4, 0.5) is 5.82 Å². The Balaban J connectivity index is 2.93. The van der Waals surface area contributed by atoms with Crippen molar-refractivity contribution >= 4 is 5.82 Å². The van der Waals surface area contributed by atoms with E-state index in [2.05, 4.69) is 34.8 Å². The SMILES string of the molecule is C=CCN(CC)c1ncccc1CNC. The van der Waals surface area contributed by atoms with Gasteiger partial charge in [-0.05, 0) is 20.0 Å². The Kier molecular flexibility index (Phi) is 4.84. The predicted molar refractivity (Wildman–Crippen MR) is 65.1 cm³/mol. The molecule has 0 saturated heterocycles. The van der Waals surface area contributed by atoms with Crippen molar-refractivity contribution in [1.82, 2.24) is 10.3 Å². The third kappa shape index (κ3) is 3.06. The second-order valence-electron chi connectivity index (χ2n) is 3.34. The van der Waals surface area contributed by atoms with Crippen molar-refractivity contribution in [2.75, 3.05) is 25.0 Å². The van der Waals surface area contributed by atoms with Crippen LogP contribution in [0.5, 0.6) is 0 Å². The first-order chi connectivity index (χ1) is 7.33. The molecule has 0 fully saturated rings. The molecule has 0 aliphatic rings. The number of anilines is 1. The summed E-state index contributed by atoms with van der Waals surface area (Å²) in [4.78, 5) is 6.63. The molecular formula is C12H19N3. The molecule has 3 nitrogen and oxygen atoms in total. The molecule has 1 heterocycles. The summed E-state index contributed by atoms with van der Waals surface area (Å²) in [5.41, 5.74) is 1.23. The molecular weight excluding hydrogens is 186 g/mol. The monoisotopic (exact) mass is 205 g/mol. The van der Waals surface area contributed by atoms with Gasteiger partial charge in [0.25, 0.3) is 0 Å². The van der Waals surface area contributed by atoms with E-state index in [4.69, 9.17) is 0 Å². The first-order valence-electron chi connectivity index (χ1n) is 5.27. The Morgan fingerprint density at radius 1 is 1.60 bits per heavy atom. The summed E-state index contributed by atoms with van der Waals surface area (Å²) in [6.07, 6.45) is 3.74. The van der Waals surface area contributed by atoms with Gasteiger partial charge in [-0.25, -0.2) is 4.98 Å². The number of pyridine rings is 1. The lowest BCUT2D eigenvalue weighted by Gasteiger charge is -2.22.